The average molecular weight is 344 g/mol. The van der Waals surface area contributed by atoms with Gasteiger partial charge < -0.3 is 16.0 Å². The van der Waals surface area contributed by atoms with Crippen molar-refractivity contribution in [3.05, 3.63) is 34.9 Å². The Bertz CT molecular complexity index is 724. The van der Waals surface area contributed by atoms with Crippen LogP contribution in [0.25, 0.3) is 0 Å². The summed E-state index contributed by atoms with van der Waals surface area (Å²) in [6, 6.07) is 5.22. The van der Waals surface area contributed by atoms with Crippen LogP contribution in [0.4, 0.5) is 0 Å². The third kappa shape index (κ3) is 3.88. The molecule has 3 rings (SSSR count). The summed E-state index contributed by atoms with van der Waals surface area (Å²) in [4.78, 5) is 37.6. The molecule has 3 amide bonds. The zero-order chi connectivity index (χ0) is 18.2. The van der Waals surface area contributed by atoms with Gasteiger partial charge in [0.25, 0.3) is 5.91 Å². The number of amides is 3. The van der Waals surface area contributed by atoms with Crippen LogP contribution in [0.15, 0.2) is 18.2 Å². The van der Waals surface area contributed by atoms with Crippen LogP contribution in [-0.4, -0.2) is 40.7 Å². The lowest BCUT2D eigenvalue weighted by atomic mass is 10.0. The molecule has 2 heterocycles. The number of imide groups is 1. The number of carbonyl (C=O) groups excluding carboxylic acids is 3. The Balaban J connectivity index is 1.69. The summed E-state index contributed by atoms with van der Waals surface area (Å²) in [6.45, 7) is 5.60. The molecule has 134 valence electrons. The van der Waals surface area contributed by atoms with E-state index in [2.05, 4.69) is 10.6 Å². The fourth-order valence-corrected chi connectivity index (χ4v) is 3.24. The van der Waals surface area contributed by atoms with Crippen molar-refractivity contribution in [2.24, 2.45) is 5.73 Å². The summed E-state index contributed by atoms with van der Waals surface area (Å²) in [5.41, 5.74) is 8.20. The van der Waals surface area contributed by atoms with Crippen LogP contribution in [0.3, 0.4) is 0 Å². The summed E-state index contributed by atoms with van der Waals surface area (Å²) in [5, 5.41) is 5.60. The number of nitrogens with two attached hydrogens (primary N) is 1. The minimum atomic E-state index is -0.572. The minimum absolute atomic E-state index is 0.148. The molecule has 7 heteroatoms. The topological polar surface area (TPSA) is 105 Å². The number of carbonyl (C=O) groups is 3. The molecule has 1 aromatic rings. The lowest BCUT2D eigenvalue weighted by Gasteiger charge is -2.29. The maximum absolute atomic E-state index is 12.7. The van der Waals surface area contributed by atoms with Gasteiger partial charge in [0.2, 0.25) is 11.8 Å². The van der Waals surface area contributed by atoms with Crippen LogP contribution in [-0.2, 0) is 22.7 Å². The largest absolute Gasteiger partial charge is 0.324 e. The van der Waals surface area contributed by atoms with E-state index in [9.17, 15) is 14.4 Å². The molecule has 4 N–H and O–H groups in total. The molecule has 1 saturated heterocycles. The smallest absolute Gasteiger partial charge is 0.255 e. The molecule has 1 atom stereocenters. The lowest BCUT2D eigenvalue weighted by Crippen LogP contribution is -2.52. The van der Waals surface area contributed by atoms with Crippen molar-refractivity contribution in [1.82, 2.24) is 15.5 Å². The van der Waals surface area contributed by atoms with E-state index < -0.39 is 6.04 Å². The van der Waals surface area contributed by atoms with Crippen molar-refractivity contribution in [3.63, 3.8) is 0 Å². The normalized spacial score (nSPS) is 20.7. The van der Waals surface area contributed by atoms with Crippen molar-refractivity contribution < 1.29 is 14.4 Å². The van der Waals surface area contributed by atoms with E-state index in [0.29, 0.717) is 31.6 Å². The fourth-order valence-electron chi connectivity index (χ4n) is 3.24. The van der Waals surface area contributed by atoms with Gasteiger partial charge in [-0.1, -0.05) is 12.1 Å². The molecule has 25 heavy (non-hydrogen) atoms. The molecule has 1 fully saturated rings. The highest BCUT2D eigenvalue weighted by atomic mass is 16.2. The van der Waals surface area contributed by atoms with Gasteiger partial charge in [-0.05, 0) is 37.5 Å². The van der Waals surface area contributed by atoms with Crippen molar-refractivity contribution in [3.8, 4) is 0 Å². The summed E-state index contributed by atoms with van der Waals surface area (Å²) < 4.78 is 0. The quantitative estimate of drug-likeness (QED) is 0.665. The molecule has 1 aromatic carbocycles. The summed E-state index contributed by atoms with van der Waals surface area (Å²) >= 11 is 0. The third-order valence-corrected chi connectivity index (χ3v) is 4.50. The first-order chi connectivity index (χ1) is 11.7. The molecule has 0 aliphatic carbocycles. The fraction of sp³-hybridized carbons (Fsp3) is 0.500. The van der Waals surface area contributed by atoms with Crippen LogP contribution >= 0.6 is 0 Å². The molecular formula is C18H24N4O3. The van der Waals surface area contributed by atoms with E-state index in [1.165, 1.54) is 0 Å². The molecule has 0 spiro atoms. The molecule has 0 bridgehead atoms. The number of hydrogen-bond acceptors (Lipinski definition) is 5. The Labute approximate surface area is 146 Å². The first-order valence-corrected chi connectivity index (χ1v) is 8.51. The van der Waals surface area contributed by atoms with Gasteiger partial charge in [0.15, 0.2) is 0 Å². The SMILES string of the molecule is CC(C)(N)CNCc1ccc2c(c1)C(=O)N(C1CCC(=O)NC1=O)C2. The second-order valence-electron chi connectivity index (χ2n) is 7.48. The highest BCUT2D eigenvalue weighted by Gasteiger charge is 2.39. The molecule has 7 nitrogen and oxygen atoms in total. The monoisotopic (exact) mass is 344 g/mol. The van der Waals surface area contributed by atoms with Crippen molar-refractivity contribution in [1.29, 1.82) is 0 Å². The van der Waals surface area contributed by atoms with Crippen LogP contribution in [0, 0.1) is 0 Å². The number of hydrogen-bond donors (Lipinski definition) is 3. The zero-order valence-electron chi connectivity index (χ0n) is 14.6. The summed E-state index contributed by atoms with van der Waals surface area (Å²) in [7, 11) is 0. The third-order valence-electron chi connectivity index (χ3n) is 4.50. The van der Waals surface area contributed by atoms with Gasteiger partial charge in [-0.2, -0.15) is 0 Å². The highest BCUT2D eigenvalue weighted by molar-refractivity contribution is 6.05. The number of benzene rings is 1. The van der Waals surface area contributed by atoms with Crippen LogP contribution in [0.2, 0.25) is 0 Å². The van der Waals surface area contributed by atoms with Gasteiger partial charge in [0, 0.05) is 37.2 Å². The van der Waals surface area contributed by atoms with E-state index in [1.54, 1.807) is 4.90 Å². The van der Waals surface area contributed by atoms with Crippen molar-refractivity contribution >= 4 is 17.7 Å². The van der Waals surface area contributed by atoms with Gasteiger partial charge >= 0.3 is 0 Å². The predicted octanol–water partition coefficient (Wildman–Crippen LogP) is 0.275. The van der Waals surface area contributed by atoms with Crippen LogP contribution < -0.4 is 16.4 Å². The molecule has 0 radical (unpaired) electrons. The summed E-state index contributed by atoms with van der Waals surface area (Å²) in [5.74, 6) is -0.809. The summed E-state index contributed by atoms with van der Waals surface area (Å²) in [6.07, 6.45) is 0.644. The Kier molecular flexibility index (Phi) is 4.62. The standard InChI is InChI=1S/C18H24N4O3/c1-18(2,19)10-20-8-11-3-4-12-9-22(17(25)13(12)7-11)14-5-6-15(23)21-16(14)24/h3-4,7,14,20H,5-6,8-10,19H2,1-2H3,(H,21,23,24). The van der Waals surface area contributed by atoms with E-state index in [1.807, 2.05) is 32.0 Å². The van der Waals surface area contributed by atoms with Gasteiger partial charge in [0.05, 0.1) is 0 Å². The predicted molar refractivity (Wildman–Crippen MR) is 92.5 cm³/mol. The molecule has 0 saturated carbocycles. The first-order valence-electron chi connectivity index (χ1n) is 8.51. The molecule has 2 aliphatic rings. The Morgan fingerprint density at radius 2 is 2.08 bits per heavy atom. The van der Waals surface area contributed by atoms with E-state index in [-0.39, 0.29) is 29.7 Å². The maximum Gasteiger partial charge on any atom is 0.255 e. The molecular weight excluding hydrogens is 320 g/mol. The number of fused-ring (bicyclic) bond motifs is 1. The number of piperidine rings is 1. The van der Waals surface area contributed by atoms with Gasteiger partial charge in [-0.15, -0.1) is 0 Å². The minimum Gasteiger partial charge on any atom is -0.324 e. The molecule has 2 aliphatic heterocycles. The Hall–Kier alpha value is -2.25. The number of nitrogens with zero attached hydrogens (tertiary/aromatic N) is 1. The highest BCUT2D eigenvalue weighted by Crippen LogP contribution is 2.28. The number of rotatable bonds is 5. The van der Waals surface area contributed by atoms with Gasteiger partial charge in [0.1, 0.15) is 6.04 Å². The number of nitrogens with one attached hydrogen (secondary N) is 2. The van der Waals surface area contributed by atoms with Crippen molar-refractivity contribution in [2.75, 3.05) is 6.54 Å². The van der Waals surface area contributed by atoms with E-state index in [4.69, 9.17) is 5.73 Å². The lowest BCUT2D eigenvalue weighted by molar-refractivity contribution is -0.136. The maximum atomic E-state index is 12.7. The second-order valence-corrected chi connectivity index (χ2v) is 7.48. The zero-order valence-corrected chi connectivity index (χ0v) is 14.6. The average Bonchev–Trinajstić information content (AvgIpc) is 2.83. The van der Waals surface area contributed by atoms with E-state index >= 15 is 0 Å². The van der Waals surface area contributed by atoms with Crippen molar-refractivity contribution in [2.45, 2.75) is 51.4 Å². The Morgan fingerprint density at radius 3 is 2.76 bits per heavy atom. The van der Waals surface area contributed by atoms with Gasteiger partial charge in [-0.3, -0.25) is 19.7 Å². The van der Waals surface area contributed by atoms with Crippen LogP contribution in [0.1, 0.15) is 48.2 Å². The molecule has 1 unspecified atom stereocenters. The van der Waals surface area contributed by atoms with Gasteiger partial charge in [-0.25, -0.2) is 0 Å². The Morgan fingerprint density at radius 1 is 1.32 bits per heavy atom. The molecule has 0 aromatic heterocycles. The van der Waals surface area contributed by atoms with Crippen LogP contribution in [0.5, 0.6) is 0 Å². The second kappa shape index (κ2) is 6.57. The first kappa shape index (κ1) is 17.6. The van der Waals surface area contributed by atoms with E-state index in [0.717, 1.165) is 11.1 Å².